The third-order valence-electron chi connectivity index (χ3n) is 3.02. The van der Waals surface area contributed by atoms with Crippen LogP contribution in [0.4, 0.5) is 8.78 Å². The molecule has 0 atom stereocenters. The Morgan fingerprint density at radius 1 is 1.18 bits per heavy atom. The standard InChI is InChI=1S/C16H14ClF2NO2/c1-20(15(21)13-4-2-3-5-14(13)17)10-11-6-8-12(9-7-11)22-16(18)19/h2-9,16H,10H2,1H3. The molecule has 1 amide bonds. The summed E-state index contributed by atoms with van der Waals surface area (Å²) in [7, 11) is 1.65. The number of amides is 1. The molecular formula is C16H14ClF2NO2. The van der Waals surface area contributed by atoms with E-state index in [1.165, 1.54) is 17.0 Å². The molecule has 2 aromatic carbocycles. The van der Waals surface area contributed by atoms with Crippen molar-refractivity contribution in [2.75, 3.05) is 7.05 Å². The van der Waals surface area contributed by atoms with E-state index in [4.69, 9.17) is 11.6 Å². The molecule has 22 heavy (non-hydrogen) atoms. The van der Waals surface area contributed by atoms with Gasteiger partial charge in [-0.2, -0.15) is 8.78 Å². The van der Waals surface area contributed by atoms with Gasteiger partial charge in [0.05, 0.1) is 10.6 Å². The molecule has 116 valence electrons. The number of nitrogens with zero attached hydrogens (tertiary/aromatic N) is 1. The van der Waals surface area contributed by atoms with E-state index in [0.717, 1.165) is 5.56 Å². The van der Waals surface area contributed by atoms with E-state index in [2.05, 4.69) is 4.74 Å². The van der Waals surface area contributed by atoms with Crippen molar-refractivity contribution in [3.05, 3.63) is 64.7 Å². The zero-order valence-corrected chi connectivity index (χ0v) is 12.6. The fourth-order valence-electron chi connectivity index (χ4n) is 1.96. The Labute approximate surface area is 132 Å². The number of rotatable bonds is 5. The Morgan fingerprint density at radius 2 is 1.82 bits per heavy atom. The highest BCUT2D eigenvalue weighted by Gasteiger charge is 2.15. The quantitative estimate of drug-likeness (QED) is 0.824. The largest absolute Gasteiger partial charge is 0.435 e. The van der Waals surface area contributed by atoms with Crippen LogP contribution in [-0.4, -0.2) is 24.5 Å². The van der Waals surface area contributed by atoms with Crippen LogP contribution < -0.4 is 4.74 Å². The van der Waals surface area contributed by atoms with Gasteiger partial charge in [0.25, 0.3) is 5.91 Å². The third kappa shape index (κ3) is 4.18. The van der Waals surface area contributed by atoms with Crippen molar-refractivity contribution in [3.8, 4) is 5.75 Å². The Kier molecular flexibility index (Phi) is 5.33. The lowest BCUT2D eigenvalue weighted by molar-refractivity contribution is -0.0498. The molecule has 0 aliphatic heterocycles. The summed E-state index contributed by atoms with van der Waals surface area (Å²) in [6.07, 6.45) is 0. The van der Waals surface area contributed by atoms with Crippen LogP contribution in [0.25, 0.3) is 0 Å². The first kappa shape index (κ1) is 16.2. The number of alkyl halides is 2. The molecule has 0 aliphatic rings. The molecule has 0 N–H and O–H groups in total. The molecule has 2 aromatic rings. The molecule has 0 heterocycles. The van der Waals surface area contributed by atoms with Crippen molar-refractivity contribution in [3.63, 3.8) is 0 Å². The van der Waals surface area contributed by atoms with Gasteiger partial charge in [0.2, 0.25) is 0 Å². The Bertz CT molecular complexity index is 647. The van der Waals surface area contributed by atoms with Crippen molar-refractivity contribution < 1.29 is 18.3 Å². The summed E-state index contributed by atoms with van der Waals surface area (Å²) in [4.78, 5) is 13.8. The maximum atomic E-state index is 12.3. The normalized spacial score (nSPS) is 10.6. The van der Waals surface area contributed by atoms with E-state index >= 15 is 0 Å². The smallest absolute Gasteiger partial charge is 0.387 e. The van der Waals surface area contributed by atoms with Gasteiger partial charge in [0, 0.05) is 13.6 Å². The lowest BCUT2D eigenvalue weighted by Gasteiger charge is -2.18. The van der Waals surface area contributed by atoms with E-state index < -0.39 is 6.61 Å². The van der Waals surface area contributed by atoms with Gasteiger partial charge in [0.1, 0.15) is 5.75 Å². The average molecular weight is 326 g/mol. The van der Waals surface area contributed by atoms with E-state index in [9.17, 15) is 13.6 Å². The van der Waals surface area contributed by atoms with Gasteiger partial charge in [-0.3, -0.25) is 4.79 Å². The minimum atomic E-state index is -2.85. The summed E-state index contributed by atoms with van der Waals surface area (Å²) in [5.41, 5.74) is 1.22. The molecule has 0 saturated carbocycles. The van der Waals surface area contributed by atoms with Crippen LogP contribution in [0, 0.1) is 0 Å². The van der Waals surface area contributed by atoms with Gasteiger partial charge < -0.3 is 9.64 Å². The highest BCUT2D eigenvalue weighted by molar-refractivity contribution is 6.33. The molecule has 0 spiro atoms. The Balaban J connectivity index is 2.04. The molecule has 2 rings (SSSR count). The van der Waals surface area contributed by atoms with Crippen molar-refractivity contribution in [2.45, 2.75) is 13.2 Å². The minimum Gasteiger partial charge on any atom is -0.435 e. The van der Waals surface area contributed by atoms with Gasteiger partial charge >= 0.3 is 6.61 Å². The molecule has 0 saturated heterocycles. The number of benzene rings is 2. The lowest BCUT2D eigenvalue weighted by Crippen LogP contribution is -2.26. The highest BCUT2D eigenvalue weighted by atomic mass is 35.5. The number of ether oxygens (including phenoxy) is 1. The number of carbonyl (C=O) groups is 1. The zero-order valence-electron chi connectivity index (χ0n) is 11.8. The van der Waals surface area contributed by atoms with Crippen molar-refractivity contribution in [1.29, 1.82) is 0 Å². The summed E-state index contributed by atoms with van der Waals surface area (Å²) in [6.45, 7) is -2.52. The van der Waals surface area contributed by atoms with E-state index in [1.807, 2.05) is 0 Å². The second kappa shape index (κ2) is 7.22. The van der Waals surface area contributed by atoms with Crippen molar-refractivity contribution >= 4 is 17.5 Å². The second-order valence-corrected chi connectivity index (χ2v) is 5.07. The van der Waals surface area contributed by atoms with Crippen LogP contribution >= 0.6 is 11.6 Å². The monoisotopic (exact) mass is 325 g/mol. The number of hydrogen-bond donors (Lipinski definition) is 0. The van der Waals surface area contributed by atoms with Crippen molar-refractivity contribution in [2.24, 2.45) is 0 Å². The molecule has 0 fully saturated rings. The first-order valence-electron chi connectivity index (χ1n) is 6.51. The first-order valence-corrected chi connectivity index (χ1v) is 6.89. The van der Waals surface area contributed by atoms with Gasteiger partial charge in [-0.15, -0.1) is 0 Å². The fraction of sp³-hybridized carbons (Fsp3) is 0.188. The minimum absolute atomic E-state index is 0.0823. The van der Waals surface area contributed by atoms with E-state index in [1.54, 1.807) is 43.4 Å². The van der Waals surface area contributed by atoms with Crippen LogP contribution in [0.3, 0.4) is 0 Å². The predicted octanol–water partition coefficient (Wildman–Crippen LogP) is 4.21. The maximum Gasteiger partial charge on any atom is 0.387 e. The lowest BCUT2D eigenvalue weighted by atomic mass is 10.1. The molecule has 3 nitrogen and oxygen atoms in total. The predicted molar refractivity (Wildman–Crippen MR) is 80.3 cm³/mol. The van der Waals surface area contributed by atoms with Gasteiger partial charge in [-0.05, 0) is 29.8 Å². The average Bonchev–Trinajstić information content (AvgIpc) is 2.48. The summed E-state index contributed by atoms with van der Waals surface area (Å²) in [6, 6.07) is 12.9. The van der Waals surface area contributed by atoms with Gasteiger partial charge in [-0.1, -0.05) is 35.9 Å². The topological polar surface area (TPSA) is 29.5 Å². The zero-order chi connectivity index (χ0) is 16.1. The third-order valence-corrected chi connectivity index (χ3v) is 3.35. The SMILES string of the molecule is CN(Cc1ccc(OC(F)F)cc1)C(=O)c1ccccc1Cl. The second-order valence-electron chi connectivity index (χ2n) is 4.66. The van der Waals surface area contributed by atoms with Gasteiger partial charge in [0.15, 0.2) is 0 Å². The molecule has 0 unspecified atom stereocenters. The molecule has 0 radical (unpaired) electrons. The molecule has 0 aromatic heterocycles. The van der Waals surface area contributed by atoms with E-state index in [0.29, 0.717) is 17.1 Å². The summed E-state index contributed by atoms with van der Waals surface area (Å²) < 4.78 is 28.4. The fourth-order valence-corrected chi connectivity index (χ4v) is 2.18. The molecule has 6 heteroatoms. The van der Waals surface area contributed by atoms with Crippen LogP contribution in [0.15, 0.2) is 48.5 Å². The van der Waals surface area contributed by atoms with E-state index in [-0.39, 0.29) is 11.7 Å². The summed E-state index contributed by atoms with van der Waals surface area (Å²) >= 11 is 6.00. The van der Waals surface area contributed by atoms with Crippen LogP contribution in [0.2, 0.25) is 5.02 Å². The molecule has 0 aliphatic carbocycles. The number of hydrogen-bond acceptors (Lipinski definition) is 2. The van der Waals surface area contributed by atoms with Crippen LogP contribution in [-0.2, 0) is 6.54 Å². The Morgan fingerprint density at radius 3 is 2.41 bits per heavy atom. The van der Waals surface area contributed by atoms with Crippen LogP contribution in [0.1, 0.15) is 15.9 Å². The Hall–Kier alpha value is -2.14. The molecule has 0 bridgehead atoms. The number of halogens is 3. The first-order chi connectivity index (χ1) is 10.5. The molecular weight excluding hydrogens is 312 g/mol. The van der Waals surface area contributed by atoms with Crippen molar-refractivity contribution in [1.82, 2.24) is 4.90 Å². The number of carbonyl (C=O) groups excluding carboxylic acids is 1. The summed E-state index contributed by atoms with van der Waals surface area (Å²) in [5.74, 6) is -0.127. The highest BCUT2D eigenvalue weighted by Crippen LogP contribution is 2.19. The van der Waals surface area contributed by atoms with Gasteiger partial charge in [-0.25, -0.2) is 0 Å². The maximum absolute atomic E-state index is 12.3. The van der Waals surface area contributed by atoms with Crippen LogP contribution in [0.5, 0.6) is 5.75 Å². The summed E-state index contributed by atoms with van der Waals surface area (Å²) in [5, 5.41) is 0.389.